The normalized spacial score (nSPS) is 50.2. The third-order valence-corrected chi connectivity index (χ3v) is 4.54. The Balaban J connectivity index is 2.51. The van der Waals surface area contributed by atoms with Gasteiger partial charge >= 0.3 is 0 Å². The number of hydrogen-bond acceptors (Lipinski definition) is 2. The first-order chi connectivity index (χ1) is 5.40. The maximum absolute atomic E-state index is 11.6. The number of aliphatic hydroxyl groups is 1. The molecule has 0 spiro atoms. The lowest BCUT2D eigenvalue weighted by Crippen LogP contribution is -2.41. The average molecular weight is 168 g/mol. The smallest absolute Gasteiger partial charge is 0.142 e. The maximum atomic E-state index is 11.6. The van der Waals surface area contributed by atoms with E-state index in [-0.39, 0.29) is 11.2 Å². The van der Waals surface area contributed by atoms with Crippen LogP contribution in [0.3, 0.4) is 0 Å². The first kappa shape index (κ1) is 8.24. The van der Waals surface area contributed by atoms with Crippen LogP contribution in [0.15, 0.2) is 0 Å². The van der Waals surface area contributed by atoms with Gasteiger partial charge in [0.1, 0.15) is 5.78 Å². The summed E-state index contributed by atoms with van der Waals surface area (Å²) in [7, 11) is 0. The number of carbonyl (C=O) groups excluding carboxylic acids is 1. The number of carbonyl (C=O) groups is 1. The lowest BCUT2D eigenvalue weighted by Gasteiger charge is -2.34. The topological polar surface area (TPSA) is 37.3 Å². The molecule has 0 saturated heterocycles. The summed E-state index contributed by atoms with van der Waals surface area (Å²) < 4.78 is 0. The Kier molecular flexibility index (Phi) is 1.32. The van der Waals surface area contributed by atoms with E-state index in [9.17, 15) is 9.90 Å². The van der Waals surface area contributed by atoms with Crippen molar-refractivity contribution in [3.63, 3.8) is 0 Å². The summed E-state index contributed by atoms with van der Waals surface area (Å²) in [5.74, 6) is 0.668. The molecular weight excluding hydrogens is 152 g/mol. The van der Waals surface area contributed by atoms with Gasteiger partial charge in [0.2, 0.25) is 0 Å². The molecule has 3 atom stereocenters. The van der Waals surface area contributed by atoms with E-state index in [1.54, 1.807) is 0 Å². The second-order valence-corrected chi connectivity index (χ2v) is 5.00. The SMILES string of the molecule is CC1(C)C2CC(=O)C1(C)[C@H](O)C2. The second kappa shape index (κ2) is 1.92. The minimum atomic E-state index is -0.461. The van der Waals surface area contributed by atoms with Crippen LogP contribution >= 0.6 is 0 Å². The average Bonchev–Trinajstić information content (AvgIpc) is 2.20. The van der Waals surface area contributed by atoms with E-state index in [1.165, 1.54) is 0 Å². The Labute approximate surface area is 73.0 Å². The standard InChI is InChI=1S/C10H16O2/c1-9(2)6-4-7(11)10(9,3)8(12)5-6/h6-7,11H,4-5H2,1-3H3/t6?,7-,10?/m1/s1. The molecule has 0 aliphatic heterocycles. The fourth-order valence-electron chi connectivity index (χ4n) is 2.97. The quantitative estimate of drug-likeness (QED) is 0.593. The third-order valence-electron chi connectivity index (χ3n) is 4.54. The van der Waals surface area contributed by atoms with Crippen molar-refractivity contribution in [3.05, 3.63) is 0 Å². The zero-order valence-corrected chi connectivity index (χ0v) is 7.92. The first-order valence-corrected chi connectivity index (χ1v) is 4.62. The number of hydrogen-bond donors (Lipinski definition) is 1. The molecule has 2 bridgehead atoms. The van der Waals surface area contributed by atoms with Crippen LogP contribution in [0.25, 0.3) is 0 Å². The van der Waals surface area contributed by atoms with E-state index in [0.717, 1.165) is 6.42 Å². The molecule has 0 aromatic rings. The molecule has 2 fully saturated rings. The Bertz CT molecular complexity index is 244. The molecule has 12 heavy (non-hydrogen) atoms. The van der Waals surface area contributed by atoms with Crippen LogP contribution < -0.4 is 0 Å². The lowest BCUT2D eigenvalue weighted by molar-refractivity contribution is -0.135. The van der Waals surface area contributed by atoms with Crippen LogP contribution in [0.5, 0.6) is 0 Å². The van der Waals surface area contributed by atoms with Crippen molar-refractivity contribution >= 4 is 5.78 Å². The highest BCUT2D eigenvalue weighted by Gasteiger charge is 2.66. The number of rotatable bonds is 0. The van der Waals surface area contributed by atoms with Gasteiger partial charge in [-0.25, -0.2) is 0 Å². The zero-order valence-electron chi connectivity index (χ0n) is 7.92. The van der Waals surface area contributed by atoms with E-state index in [4.69, 9.17) is 0 Å². The highest BCUT2D eigenvalue weighted by Crippen LogP contribution is 2.63. The summed E-state index contributed by atoms with van der Waals surface area (Å²) in [6.07, 6.45) is 1.09. The summed E-state index contributed by atoms with van der Waals surface area (Å²) >= 11 is 0. The summed E-state index contributed by atoms with van der Waals surface area (Å²) in [5, 5.41) is 9.76. The Hall–Kier alpha value is -0.370. The molecule has 2 aliphatic carbocycles. The molecule has 2 rings (SSSR count). The molecule has 2 unspecified atom stereocenters. The van der Waals surface area contributed by atoms with Crippen LogP contribution in [-0.2, 0) is 4.79 Å². The van der Waals surface area contributed by atoms with Gasteiger partial charge in [-0.15, -0.1) is 0 Å². The van der Waals surface area contributed by atoms with Crippen LogP contribution in [-0.4, -0.2) is 17.0 Å². The van der Waals surface area contributed by atoms with Crippen molar-refractivity contribution in [1.29, 1.82) is 0 Å². The van der Waals surface area contributed by atoms with Crippen molar-refractivity contribution in [2.45, 2.75) is 39.7 Å². The summed E-state index contributed by atoms with van der Waals surface area (Å²) in [4.78, 5) is 11.6. The molecule has 0 radical (unpaired) electrons. The molecule has 2 saturated carbocycles. The molecule has 0 aromatic carbocycles. The molecule has 0 aromatic heterocycles. The fraction of sp³-hybridized carbons (Fsp3) is 0.900. The van der Waals surface area contributed by atoms with Gasteiger partial charge in [0.15, 0.2) is 0 Å². The van der Waals surface area contributed by atoms with Crippen LogP contribution in [0.2, 0.25) is 0 Å². The van der Waals surface area contributed by atoms with Gasteiger partial charge in [-0.2, -0.15) is 0 Å². The summed E-state index contributed by atoms with van der Waals surface area (Å²) in [5.41, 5.74) is -0.457. The molecule has 2 heteroatoms. The van der Waals surface area contributed by atoms with Crippen LogP contribution in [0.4, 0.5) is 0 Å². The fourth-order valence-corrected chi connectivity index (χ4v) is 2.97. The third kappa shape index (κ3) is 0.598. The number of ketones is 1. The molecule has 68 valence electrons. The Morgan fingerprint density at radius 1 is 1.42 bits per heavy atom. The molecule has 2 aliphatic rings. The molecular formula is C10H16O2. The van der Waals surface area contributed by atoms with Crippen molar-refractivity contribution in [3.8, 4) is 0 Å². The monoisotopic (exact) mass is 168 g/mol. The zero-order chi connectivity index (χ0) is 9.15. The molecule has 0 heterocycles. The minimum Gasteiger partial charge on any atom is -0.392 e. The van der Waals surface area contributed by atoms with Gasteiger partial charge in [-0.1, -0.05) is 13.8 Å². The van der Waals surface area contributed by atoms with Gasteiger partial charge in [0.05, 0.1) is 11.5 Å². The summed E-state index contributed by atoms with van der Waals surface area (Å²) in [6, 6.07) is 0. The second-order valence-electron chi connectivity index (χ2n) is 5.00. The minimum absolute atomic E-state index is 0.00347. The molecule has 1 N–H and O–H groups in total. The predicted octanol–water partition coefficient (Wildman–Crippen LogP) is 1.37. The van der Waals surface area contributed by atoms with Crippen molar-refractivity contribution in [2.24, 2.45) is 16.7 Å². The van der Waals surface area contributed by atoms with Gasteiger partial charge in [-0.05, 0) is 24.7 Å². The van der Waals surface area contributed by atoms with Crippen molar-refractivity contribution in [2.75, 3.05) is 0 Å². The van der Waals surface area contributed by atoms with Crippen molar-refractivity contribution in [1.82, 2.24) is 0 Å². The summed E-state index contributed by atoms with van der Waals surface area (Å²) in [6.45, 7) is 6.14. The first-order valence-electron chi connectivity index (χ1n) is 4.62. The van der Waals surface area contributed by atoms with E-state index in [0.29, 0.717) is 12.3 Å². The molecule has 2 nitrogen and oxygen atoms in total. The number of Topliss-reactive ketones (excluding diaryl/α,β-unsaturated/α-hetero) is 1. The van der Waals surface area contributed by atoms with E-state index >= 15 is 0 Å². The highest BCUT2D eigenvalue weighted by atomic mass is 16.3. The Morgan fingerprint density at radius 3 is 2.25 bits per heavy atom. The predicted molar refractivity (Wildman–Crippen MR) is 45.6 cm³/mol. The van der Waals surface area contributed by atoms with Gasteiger partial charge < -0.3 is 5.11 Å². The van der Waals surface area contributed by atoms with Gasteiger partial charge in [0, 0.05) is 6.42 Å². The van der Waals surface area contributed by atoms with Gasteiger partial charge in [-0.3, -0.25) is 4.79 Å². The van der Waals surface area contributed by atoms with E-state index in [2.05, 4.69) is 13.8 Å². The highest BCUT2D eigenvalue weighted by molar-refractivity contribution is 5.90. The molecule has 0 amide bonds. The number of aliphatic hydroxyl groups excluding tert-OH is 1. The largest absolute Gasteiger partial charge is 0.392 e. The van der Waals surface area contributed by atoms with E-state index in [1.807, 2.05) is 6.92 Å². The van der Waals surface area contributed by atoms with E-state index < -0.39 is 11.5 Å². The van der Waals surface area contributed by atoms with Crippen LogP contribution in [0, 0.1) is 16.7 Å². The van der Waals surface area contributed by atoms with Crippen molar-refractivity contribution < 1.29 is 9.90 Å². The number of fused-ring (bicyclic) bond motifs is 2. The van der Waals surface area contributed by atoms with Crippen LogP contribution in [0.1, 0.15) is 33.6 Å². The Morgan fingerprint density at radius 2 is 2.00 bits per heavy atom. The maximum Gasteiger partial charge on any atom is 0.142 e. The van der Waals surface area contributed by atoms with Gasteiger partial charge in [0.25, 0.3) is 0 Å². The lowest BCUT2D eigenvalue weighted by atomic mass is 9.69.